The lowest BCUT2D eigenvalue weighted by atomic mass is 9.35. The second kappa shape index (κ2) is 14.3. The molecule has 3 aliphatic rings. The SMILES string of the molecule is CC(C)(C)c1ccc(N(c2ccc(C(C)(C)C)cc2)c2ccc3c(c2)N(c2ccccc2)c2cc(C(C)(C)C)cc4c2B3c2oc3c(c2N4c2ccccc2)CCCC3)cc1. The molecular weight excluding hydrogens is 741 g/mol. The first-order valence-electron chi connectivity index (χ1n) is 22.4. The Morgan fingerprint density at radius 1 is 0.492 bits per heavy atom. The van der Waals surface area contributed by atoms with Crippen molar-refractivity contribution in [2.45, 2.75) is 104 Å². The molecule has 0 spiro atoms. The molecule has 3 heterocycles. The number of rotatable bonds is 5. The van der Waals surface area contributed by atoms with E-state index in [1.165, 1.54) is 68.0 Å². The predicted octanol–water partition coefficient (Wildman–Crippen LogP) is 13.6. The lowest BCUT2D eigenvalue weighted by molar-refractivity contribution is 0.497. The molecule has 0 radical (unpaired) electrons. The molecule has 0 amide bonds. The average Bonchev–Trinajstić information content (AvgIpc) is 3.63. The van der Waals surface area contributed by atoms with Gasteiger partial charge < -0.3 is 19.1 Å². The van der Waals surface area contributed by atoms with Gasteiger partial charge in [0.05, 0.1) is 11.3 Å². The van der Waals surface area contributed by atoms with E-state index in [0.29, 0.717) is 0 Å². The molecule has 1 aliphatic carbocycles. The van der Waals surface area contributed by atoms with Crippen LogP contribution in [0.25, 0.3) is 0 Å². The summed E-state index contributed by atoms with van der Waals surface area (Å²) in [7, 11) is 0. The van der Waals surface area contributed by atoms with E-state index in [4.69, 9.17) is 4.42 Å². The van der Waals surface area contributed by atoms with Crippen molar-refractivity contribution >= 4 is 74.5 Å². The van der Waals surface area contributed by atoms with Crippen LogP contribution < -0.4 is 31.3 Å². The van der Waals surface area contributed by atoms with Crippen molar-refractivity contribution in [1.29, 1.82) is 0 Å². The average molecular weight is 800 g/mol. The summed E-state index contributed by atoms with van der Waals surface area (Å²) in [6.07, 6.45) is 4.35. The van der Waals surface area contributed by atoms with Crippen molar-refractivity contribution in [3.05, 3.63) is 168 Å². The summed E-state index contributed by atoms with van der Waals surface area (Å²) < 4.78 is 7.25. The second-order valence-corrected chi connectivity index (χ2v) is 20.5. The monoisotopic (exact) mass is 799 g/mol. The van der Waals surface area contributed by atoms with Gasteiger partial charge in [0.25, 0.3) is 6.71 Å². The Kier molecular flexibility index (Phi) is 9.21. The molecule has 6 aromatic carbocycles. The highest BCUT2D eigenvalue weighted by Gasteiger charge is 2.48. The summed E-state index contributed by atoms with van der Waals surface area (Å²) in [6.45, 7) is 20.7. The van der Waals surface area contributed by atoms with Crippen LogP contribution >= 0.6 is 0 Å². The van der Waals surface area contributed by atoms with Gasteiger partial charge in [0.2, 0.25) is 0 Å². The summed E-state index contributed by atoms with van der Waals surface area (Å²) in [5.41, 5.74) is 19.5. The Labute approximate surface area is 363 Å². The molecule has 0 N–H and O–H groups in total. The third kappa shape index (κ3) is 6.69. The number of nitrogens with zero attached hydrogens (tertiary/aromatic N) is 3. The van der Waals surface area contributed by atoms with Crippen LogP contribution in [0, 0.1) is 0 Å². The normalized spacial score (nSPS) is 14.6. The van der Waals surface area contributed by atoms with Gasteiger partial charge in [-0.3, -0.25) is 0 Å². The fourth-order valence-electron chi connectivity index (χ4n) is 9.89. The van der Waals surface area contributed by atoms with Crippen LogP contribution in [0.2, 0.25) is 0 Å². The van der Waals surface area contributed by atoms with Crippen LogP contribution in [0.4, 0.5) is 51.2 Å². The Morgan fingerprint density at radius 2 is 0.984 bits per heavy atom. The van der Waals surface area contributed by atoms with Gasteiger partial charge in [-0.25, -0.2) is 0 Å². The largest absolute Gasteiger partial charge is 0.473 e. The van der Waals surface area contributed by atoms with Gasteiger partial charge in [0.15, 0.2) is 0 Å². The maximum atomic E-state index is 7.25. The maximum Gasteiger partial charge on any atom is 0.297 e. The van der Waals surface area contributed by atoms with E-state index in [1.54, 1.807) is 0 Å². The van der Waals surface area contributed by atoms with Gasteiger partial charge in [0.1, 0.15) is 5.76 Å². The molecule has 2 aliphatic heterocycles. The lowest BCUT2D eigenvalue weighted by Crippen LogP contribution is -2.61. The first-order valence-corrected chi connectivity index (χ1v) is 22.4. The summed E-state index contributed by atoms with van der Waals surface area (Å²) >= 11 is 0. The second-order valence-electron chi connectivity index (χ2n) is 20.5. The molecule has 0 saturated carbocycles. The highest BCUT2D eigenvalue weighted by atomic mass is 16.3. The number of hydrogen-bond acceptors (Lipinski definition) is 4. The summed E-state index contributed by atoms with van der Waals surface area (Å²) in [4.78, 5) is 7.51. The predicted molar refractivity (Wildman–Crippen MR) is 260 cm³/mol. The molecule has 4 nitrogen and oxygen atoms in total. The van der Waals surface area contributed by atoms with E-state index in [-0.39, 0.29) is 23.0 Å². The maximum absolute atomic E-state index is 7.25. The molecule has 7 aromatic rings. The molecule has 0 atom stereocenters. The minimum atomic E-state index is -0.0980. The Morgan fingerprint density at radius 3 is 1.52 bits per heavy atom. The topological polar surface area (TPSA) is 22.9 Å². The zero-order valence-electron chi connectivity index (χ0n) is 37.4. The standard InChI is InChI=1S/C56H58BN3O/c1-54(2,3)37-24-28-42(29-25-37)58(43-30-26-38(27-31-43)55(4,5)6)44-32-33-46-47(36-44)59(40-18-12-10-13-19-40)48-34-39(56(7,8)9)35-49-51(48)57(46)53-52(45-22-16-17-23-50(45)61-53)60(49)41-20-14-11-15-21-41/h10-15,18-21,24-36H,16-17,22-23H2,1-9H3. The molecule has 0 saturated heterocycles. The fraction of sp³-hybridized carbons (Fsp3) is 0.286. The van der Waals surface area contributed by atoms with E-state index >= 15 is 0 Å². The highest BCUT2D eigenvalue weighted by molar-refractivity contribution is 6.99. The van der Waals surface area contributed by atoms with Gasteiger partial charge in [-0.05, 0) is 136 Å². The van der Waals surface area contributed by atoms with Crippen molar-refractivity contribution in [1.82, 2.24) is 0 Å². The van der Waals surface area contributed by atoms with E-state index in [0.717, 1.165) is 53.4 Å². The van der Waals surface area contributed by atoms with Crippen molar-refractivity contribution in [2.24, 2.45) is 0 Å². The smallest absolute Gasteiger partial charge is 0.297 e. The molecule has 306 valence electrons. The Hall–Kier alpha value is -5.94. The van der Waals surface area contributed by atoms with E-state index < -0.39 is 0 Å². The number of aryl methyl sites for hydroxylation is 1. The third-order valence-corrected chi connectivity index (χ3v) is 13.3. The van der Waals surface area contributed by atoms with E-state index in [2.05, 4.69) is 217 Å². The number of benzene rings is 6. The van der Waals surface area contributed by atoms with Crippen LogP contribution in [-0.4, -0.2) is 6.71 Å². The highest BCUT2D eigenvalue weighted by Crippen LogP contribution is 2.49. The molecule has 0 bridgehead atoms. The van der Waals surface area contributed by atoms with Gasteiger partial charge in [0, 0.05) is 57.5 Å². The Bertz CT molecular complexity index is 2690. The van der Waals surface area contributed by atoms with Crippen molar-refractivity contribution in [3.8, 4) is 0 Å². The van der Waals surface area contributed by atoms with Crippen LogP contribution in [0.15, 0.2) is 144 Å². The quantitative estimate of drug-likeness (QED) is 0.162. The van der Waals surface area contributed by atoms with Crippen LogP contribution in [0.1, 0.15) is 103 Å². The summed E-state index contributed by atoms with van der Waals surface area (Å²) in [5.74, 6) is 1.16. The third-order valence-electron chi connectivity index (χ3n) is 13.3. The lowest BCUT2D eigenvalue weighted by Gasteiger charge is -2.44. The zero-order valence-corrected chi connectivity index (χ0v) is 37.4. The molecule has 5 heteroatoms. The van der Waals surface area contributed by atoms with Crippen LogP contribution in [0.3, 0.4) is 0 Å². The van der Waals surface area contributed by atoms with Crippen LogP contribution in [-0.2, 0) is 29.1 Å². The molecule has 0 fully saturated rings. The Balaban J connectivity index is 1.26. The minimum absolute atomic E-state index is 0.0535. The minimum Gasteiger partial charge on any atom is -0.473 e. The number of anilines is 9. The first kappa shape index (κ1) is 39.2. The number of fused-ring (bicyclic) bond motifs is 6. The van der Waals surface area contributed by atoms with E-state index in [1.807, 2.05) is 0 Å². The zero-order chi connectivity index (χ0) is 42.4. The van der Waals surface area contributed by atoms with Crippen molar-refractivity contribution in [2.75, 3.05) is 14.7 Å². The molecular formula is C56H58BN3O. The van der Waals surface area contributed by atoms with Gasteiger partial charge >= 0.3 is 0 Å². The molecule has 10 rings (SSSR count). The van der Waals surface area contributed by atoms with Crippen molar-refractivity contribution < 1.29 is 4.42 Å². The summed E-state index contributed by atoms with van der Waals surface area (Å²) in [5, 5.41) is 0. The van der Waals surface area contributed by atoms with Gasteiger partial charge in [-0.15, -0.1) is 0 Å². The van der Waals surface area contributed by atoms with Crippen molar-refractivity contribution in [3.63, 3.8) is 0 Å². The van der Waals surface area contributed by atoms with Gasteiger partial charge in [-0.1, -0.05) is 129 Å². The summed E-state index contributed by atoms with van der Waals surface area (Å²) in [6, 6.07) is 52.5. The molecule has 0 unspecified atom stereocenters. The number of furan rings is 1. The molecule has 1 aromatic heterocycles. The fourth-order valence-corrected chi connectivity index (χ4v) is 9.89. The number of hydrogen-bond donors (Lipinski definition) is 0. The van der Waals surface area contributed by atoms with Gasteiger partial charge in [-0.2, -0.15) is 0 Å². The first-order chi connectivity index (χ1) is 29.2. The van der Waals surface area contributed by atoms with E-state index in [9.17, 15) is 0 Å². The molecule has 61 heavy (non-hydrogen) atoms. The van der Waals surface area contributed by atoms with Crippen LogP contribution in [0.5, 0.6) is 0 Å². The number of para-hydroxylation sites is 2.